The zero-order chi connectivity index (χ0) is 14.7. The molecule has 2 N–H and O–H groups in total. The van der Waals surface area contributed by atoms with E-state index in [0.717, 1.165) is 25.9 Å². The third-order valence-electron chi connectivity index (χ3n) is 3.86. The van der Waals surface area contributed by atoms with Gasteiger partial charge in [-0.25, -0.2) is 0 Å². The van der Waals surface area contributed by atoms with Crippen molar-refractivity contribution in [2.24, 2.45) is 5.92 Å². The zero-order valence-electron chi connectivity index (χ0n) is 11.4. The third-order valence-corrected chi connectivity index (χ3v) is 3.86. The molecule has 1 aromatic rings. The van der Waals surface area contributed by atoms with Gasteiger partial charge < -0.3 is 10.1 Å². The van der Waals surface area contributed by atoms with E-state index < -0.39 is 4.92 Å². The molecule has 1 unspecified atom stereocenters. The quantitative estimate of drug-likeness (QED) is 0.480. The first-order chi connectivity index (χ1) is 9.47. The summed E-state index contributed by atoms with van der Waals surface area (Å²) in [6.07, 6.45) is 2.66. The normalized spacial score (nSPS) is 18.9. The van der Waals surface area contributed by atoms with Gasteiger partial charge in [0.2, 0.25) is 0 Å². The van der Waals surface area contributed by atoms with E-state index >= 15 is 0 Å². The standard InChI is InChI=1S/C13H19N3O4/c1-9(17)10-2-4-15(5-3-10)8-13(18)12-6-11(7-14-12)16(19)20/h6-7,9-10,14,17H,2-5,8H2,1H3. The maximum Gasteiger partial charge on any atom is 0.287 e. The van der Waals surface area contributed by atoms with Crippen molar-refractivity contribution in [1.82, 2.24) is 9.88 Å². The van der Waals surface area contributed by atoms with Crippen LogP contribution in [-0.2, 0) is 0 Å². The van der Waals surface area contributed by atoms with Crippen molar-refractivity contribution in [2.45, 2.75) is 25.9 Å². The number of carbonyl (C=O) groups excluding carboxylic acids is 1. The van der Waals surface area contributed by atoms with Crippen LogP contribution in [0.5, 0.6) is 0 Å². The van der Waals surface area contributed by atoms with Crippen LogP contribution in [0.4, 0.5) is 5.69 Å². The summed E-state index contributed by atoms with van der Waals surface area (Å²) in [6, 6.07) is 1.27. The predicted molar refractivity (Wildman–Crippen MR) is 72.6 cm³/mol. The van der Waals surface area contributed by atoms with E-state index in [1.165, 1.54) is 12.3 Å². The van der Waals surface area contributed by atoms with Crippen LogP contribution in [0.2, 0.25) is 0 Å². The highest BCUT2D eigenvalue weighted by Crippen LogP contribution is 2.21. The molecule has 1 atom stereocenters. The van der Waals surface area contributed by atoms with Crippen LogP contribution in [0.15, 0.2) is 12.3 Å². The molecule has 0 aromatic carbocycles. The lowest BCUT2D eigenvalue weighted by atomic mass is 9.92. The van der Waals surface area contributed by atoms with Crippen molar-refractivity contribution in [3.8, 4) is 0 Å². The Morgan fingerprint density at radius 1 is 1.60 bits per heavy atom. The number of aliphatic hydroxyl groups is 1. The van der Waals surface area contributed by atoms with Gasteiger partial charge in [-0.1, -0.05) is 0 Å². The van der Waals surface area contributed by atoms with Crippen molar-refractivity contribution < 1.29 is 14.8 Å². The molecule has 0 saturated carbocycles. The van der Waals surface area contributed by atoms with Crippen LogP contribution in [0, 0.1) is 16.0 Å². The number of aromatic amines is 1. The molecule has 0 aliphatic carbocycles. The molecule has 7 nitrogen and oxygen atoms in total. The molecule has 0 radical (unpaired) electrons. The highest BCUT2D eigenvalue weighted by molar-refractivity contribution is 5.96. The maximum atomic E-state index is 12.0. The topological polar surface area (TPSA) is 99.5 Å². The van der Waals surface area contributed by atoms with Gasteiger partial charge >= 0.3 is 0 Å². The van der Waals surface area contributed by atoms with Gasteiger partial charge in [-0.3, -0.25) is 19.8 Å². The van der Waals surface area contributed by atoms with Crippen LogP contribution in [-0.4, -0.2) is 51.4 Å². The Balaban J connectivity index is 1.87. The highest BCUT2D eigenvalue weighted by Gasteiger charge is 2.24. The predicted octanol–water partition coefficient (Wildman–Crippen LogP) is 1.20. The number of H-pyrrole nitrogens is 1. The van der Waals surface area contributed by atoms with Crippen LogP contribution in [0.3, 0.4) is 0 Å². The maximum absolute atomic E-state index is 12.0. The Hall–Kier alpha value is -1.73. The second-order valence-electron chi connectivity index (χ2n) is 5.31. The summed E-state index contributed by atoms with van der Waals surface area (Å²) >= 11 is 0. The number of rotatable bonds is 5. The van der Waals surface area contributed by atoms with Gasteiger partial charge in [0.05, 0.1) is 29.5 Å². The summed E-state index contributed by atoms with van der Waals surface area (Å²) in [5.74, 6) is 0.154. The molecule has 0 bridgehead atoms. The number of Topliss-reactive ketones (excluding diaryl/α,β-unsaturated/α-hetero) is 1. The number of nitrogens with one attached hydrogen (secondary N) is 1. The first kappa shape index (κ1) is 14.7. The summed E-state index contributed by atoms with van der Waals surface area (Å²) < 4.78 is 0. The van der Waals surface area contributed by atoms with E-state index in [4.69, 9.17) is 0 Å². The summed E-state index contributed by atoms with van der Waals surface area (Å²) in [7, 11) is 0. The summed E-state index contributed by atoms with van der Waals surface area (Å²) in [5.41, 5.74) is 0.176. The molecule has 1 aliphatic rings. The number of nitrogens with zero attached hydrogens (tertiary/aromatic N) is 2. The molecule has 1 aliphatic heterocycles. The fraction of sp³-hybridized carbons (Fsp3) is 0.615. The first-order valence-electron chi connectivity index (χ1n) is 6.74. The Labute approximate surface area is 116 Å². The Morgan fingerprint density at radius 3 is 2.75 bits per heavy atom. The molecule has 1 saturated heterocycles. The van der Waals surface area contributed by atoms with Gasteiger partial charge in [-0.15, -0.1) is 0 Å². The van der Waals surface area contributed by atoms with Crippen molar-refractivity contribution in [3.05, 3.63) is 28.1 Å². The van der Waals surface area contributed by atoms with Crippen molar-refractivity contribution in [2.75, 3.05) is 19.6 Å². The first-order valence-corrected chi connectivity index (χ1v) is 6.74. The lowest BCUT2D eigenvalue weighted by molar-refractivity contribution is -0.384. The minimum Gasteiger partial charge on any atom is -0.393 e. The van der Waals surface area contributed by atoms with Gasteiger partial charge in [0.1, 0.15) is 0 Å². The number of hydrogen-bond acceptors (Lipinski definition) is 5. The molecule has 0 spiro atoms. The van der Waals surface area contributed by atoms with E-state index in [1.807, 2.05) is 4.90 Å². The average molecular weight is 281 g/mol. The largest absolute Gasteiger partial charge is 0.393 e. The second-order valence-corrected chi connectivity index (χ2v) is 5.31. The Kier molecular flexibility index (Phi) is 4.51. The molecular weight excluding hydrogens is 262 g/mol. The Morgan fingerprint density at radius 2 is 2.25 bits per heavy atom. The van der Waals surface area contributed by atoms with Crippen molar-refractivity contribution in [1.29, 1.82) is 0 Å². The van der Waals surface area contributed by atoms with E-state index in [2.05, 4.69) is 4.98 Å². The van der Waals surface area contributed by atoms with Gasteiger partial charge in [0.15, 0.2) is 5.78 Å². The number of likely N-dealkylation sites (tertiary alicyclic amines) is 1. The van der Waals surface area contributed by atoms with Gasteiger partial charge in [0.25, 0.3) is 5.69 Å². The lowest BCUT2D eigenvalue weighted by Gasteiger charge is -2.32. The molecule has 20 heavy (non-hydrogen) atoms. The lowest BCUT2D eigenvalue weighted by Crippen LogP contribution is -2.39. The zero-order valence-corrected chi connectivity index (χ0v) is 11.4. The average Bonchev–Trinajstić information content (AvgIpc) is 2.89. The molecular formula is C13H19N3O4. The third kappa shape index (κ3) is 3.43. The van der Waals surface area contributed by atoms with E-state index in [9.17, 15) is 20.0 Å². The smallest absolute Gasteiger partial charge is 0.287 e. The summed E-state index contributed by atoms with van der Waals surface area (Å²) in [4.78, 5) is 26.7. The second kappa shape index (κ2) is 6.15. The number of piperidine rings is 1. The molecule has 110 valence electrons. The van der Waals surface area contributed by atoms with Crippen molar-refractivity contribution >= 4 is 11.5 Å². The molecule has 0 amide bonds. The van der Waals surface area contributed by atoms with E-state index in [1.54, 1.807) is 6.92 Å². The monoisotopic (exact) mass is 281 g/mol. The van der Waals surface area contributed by atoms with Crippen LogP contribution >= 0.6 is 0 Å². The molecule has 1 aromatic heterocycles. The van der Waals surface area contributed by atoms with Gasteiger partial charge in [-0.2, -0.15) is 0 Å². The molecule has 1 fully saturated rings. The van der Waals surface area contributed by atoms with Crippen LogP contribution in [0.1, 0.15) is 30.3 Å². The SMILES string of the molecule is CC(O)C1CCN(CC(=O)c2cc([N+](=O)[O-])c[nH]2)CC1. The number of aromatic nitrogens is 1. The van der Waals surface area contributed by atoms with Crippen LogP contribution in [0.25, 0.3) is 0 Å². The minimum atomic E-state index is -0.526. The Bertz CT molecular complexity index is 490. The van der Waals surface area contributed by atoms with Gasteiger partial charge in [0, 0.05) is 6.07 Å². The van der Waals surface area contributed by atoms with Gasteiger partial charge in [-0.05, 0) is 38.8 Å². The molecule has 7 heteroatoms. The molecule has 2 rings (SSSR count). The number of hydrogen-bond donors (Lipinski definition) is 2. The summed E-state index contributed by atoms with van der Waals surface area (Å²) in [5, 5.41) is 20.1. The van der Waals surface area contributed by atoms with Crippen molar-refractivity contribution in [3.63, 3.8) is 0 Å². The fourth-order valence-corrected chi connectivity index (χ4v) is 2.53. The molecule has 2 heterocycles. The highest BCUT2D eigenvalue weighted by atomic mass is 16.6. The number of ketones is 1. The van der Waals surface area contributed by atoms with E-state index in [-0.39, 0.29) is 29.8 Å². The summed E-state index contributed by atoms with van der Waals surface area (Å²) in [6.45, 7) is 3.59. The number of nitro groups is 1. The number of carbonyl (C=O) groups is 1. The number of aliphatic hydroxyl groups excluding tert-OH is 1. The minimum absolute atomic E-state index is 0.0961. The fourth-order valence-electron chi connectivity index (χ4n) is 2.53. The van der Waals surface area contributed by atoms with Crippen LogP contribution < -0.4 is 0 Å². The van der Waals surface area contributed by atoms with E-state index in [0.29, 0.717) is 5.92 Å².